The smallest absolute Gasteiger partial charge is 0.387 e. The summed E-state index contributed by atoms with van der Waals surface area (Å²) in [6.07, 6.45) is 0.982. The van der Waals surface area contributed by atoms with Crippen LogP contribution in [-0.2, 0) is 11.3 Å². The Labute approximate surface area is 137 Å². The predicted molar refractivity (Wildman–Crippen MR) is 83.1 cm³/mol. The number of hydrogen-bond donors (Lipinski definition) is 2. The van der Waals surface area contributed by atoms with Crippen LogP contribution in [0.25, 0.3) is 0 Å². The highest BCUT2D eigenvalue weighted by atomic mass is 79.9. The average molecular weight is 380 g/mol. The minimum atomic E-state index is -2.90. The monoisotopic (exact) mass is 379 g/mol. The Hall–Kier alpha value is -1.21. The molecule has 0 bridgehead atoms. The van der Waals surface area contributed by atoms with Gasteiger partial charge in [-0.3, -0.25) is 4.79 Å². The van der Waals surface area contributed by atoms with Gasteiger partial charge in [0, 0.05) is 23.1 Å². The van der Waals surface area contributed by atoms with Crippen molar-refractivity contribution in [2.75, 3.05) is 6.54 Å². The Morgan fingerprint density at radius 1 is 1.41 bits per heavy atom. The molecule has 7 heteroatoms. The first-order valence-electron chi connectivity index (χ1n) is 7.02. The fourth-order valence-corrected chi connectivity index (χ4v) is 2.62. The second-order valence-corrected chi connectivity index (χ2v) is 5.94. The molecular formula is C15H20BrF2NO3. The van der Waals surface area contributed by atoms with Crippen LogP contribution in [0.4, 0.5) is 8.78 Å². The van der Waals surface area contributed by atoms with Crippen LogP contribution in [0.5, 0.6) is 5.75 Å². The van der Waals surface area contributed by atoms with E-state index >= 15 is 0 Å². The van der Waals surface area contributed by atoms with Crippen LogP contribution < -0.4 is 10.1 Å². The van der Waals surface area contributed by atoms with Gasteiger partial charge < -0.3 is 15.2 Å². The quantitative estimate of drug-likeness (QED) is 0.679. The van der Waals surface area contributed by atoms with E-state index in [1.807, 2.05) is 13.8 Å². The van der Waals surface area contributed by atoms with E-state index in [1.54, 1.807) is 12.1 Å². The van der Waals surface area contributed by atoms with Gasteiger partial charge in [-0.15, -0.1) is 0 Å². The van der Waals surface area contributed by atoms with Crippen molar-refractivity contribution >= 4 is 21.9 Å². The zero-order chi connectivity index (χ0) is 16.8. The third kappa shape index (κ3) is 4.91. The number of carboxylic acids is 1. The zero-order valence-corrected chi connectivity index (χ0v) is 14.1. The molecule has 0 aliphatic rings. The average Bonchev–Trinajstić information content (AvgIpc) is 2.46. The summed E-state index contributed by atoms with van der Waals surface area (Å²) in [5, 5.41) is 12.4. The second-order valence-electron chi connectivity index (χ2n) is 5.03. The minimum Gasteiger partial charge on any atom is -0.481 e. The van der Waals surface area contributed by atoms with Gasteiger partial charge in [0.15, 0.2) is 0 Å². The first-order valence-corrected chi connectivity index (χ1v) is 7.81. The minimum absolute atomic E-state index is 0.0830. The van der Waals surface area contributed by atoms with Gasteiger partial charge in [-0.25, -0.2) is 0 Å². The number of benzene rings is 1. The van der Waals surface area contributed by atoms with Gasteiger partial charge in [0.2, 0.25) is 0 Å². The van der Waals surface area contributed by atoms with E-state index in [1.165, 1.54) is 6.07 Å². The number of carboxylic acid groups (broad SMARTS) is 1. The first-order chi connectivity index (χ1) is 10.3. The van der Waals surface area contributed by atoms with E-state index in [9.17, 15) is 18.7 Å². The van der Waals surface area contributed by atoms with Gasteiger partial charge >= 0.3 is 12.6 Å². The maximum Gasteiger partial charge on any atom is 0.387 e. The normalized spacial score (nSPS) is 11.7. The summed E-state index contributed by atoms with van der Waals surface area (Å²) in [6.45, 7) is 1.25. The number of aliphatic carboxylic acids is 1. The Bertz CT molecular complexity index is 508. The SMILES string of the molecule is CCC(CC)(CNCc1cc(Br)ccc1OC(F)F)C(=O)O. The van der Waals surface area contributed by atoms with Gasteiger partial charge in [-0.1, -0.05) is 29.8 Å². The molecule has 0 radical (unpaired) electrons. The highest BCUT2D eigenvalue weighted by Gasteiger charge is 2.34. The molecule has 0 heterocycles. The second kappa shape index (κ2) is 8.43. The lowest BCUT2D eigenvalue weighted by molar-refractivity contribution is -0.149. The number of carbonyl (C=O) groups is 1. The summed E-state index contributed by atoms with van der Waals surface area (Å²) in [6, 6.07) is 4.74. The lowest BCUT2D eigenvalue weighted by Crippen LogP contribution is -2.40. The molecular weight excluding hydrogens is 360 g/mol. The number of rotatable bonds is 9. The van der Waals surface area contributed by atoms with Crippen LogP contribution >= 0.6 is 15.9 Å². The van der Waals surface area contributed by atoms with E-state index in [2.05, 4.69) is 26.0 Å². The van der Waals surface area contributed by atoms with Crippen LogP contribution in [0, 0.1) is 5.41 Å². The molecule has 124 valence electrons. The molecule has 0 fully saturated rings. The third-order valence-electron chi connectivity index (χ3n) is 3.82. The van der Waals surface area contributed by atoms with Crippen molar-refractivity contribution < 1.29 is 23.4 Å². The van der Waals surface area contributed by atoms with E-state index < -0.39 is 18.0 Å². The Kier molecular flexibility index (Phi) is 7.22. The summed E-state index contributed by atoms with van der Waals surface area (Å²) in [7, 11) is 0. The largest absolute Gasteiger partial charge is 0.481 e. The number of alkyl halides is 2. The van der Waals surface area contributed by atoms with Crippen molar-refractivity contribution in [1.29, 1.82) is 0 Å². The van der Waals surface area contributed by atoms with E-state index in [0.29, 0.717) is 18.4 Å². The Balaban J connectivity index is 2.79. The van der Waals surface area contributed by atoms with Crippen molar-refractivity contribution in [2.45, 2.75) is 39.8 Å². The molecule has 0 aliphatic heterocycles. The zero-order valence-electron chi connectivity index (χ0n) is 12.5. The number of hydrogen-bond acceptors (Lipinski definition) is 3. The van der Waals surface area contributed by atoms with E-state index in [0.717, 1.165) is 4.47 Å². The molecule has 22 heavy (non-hydrogen) atoms. The van der Waals surface area contributed by atoms with Crippen molar-refractivity contribution in [1.82, 2.24) is 5.32 Å². The summed E-state index contributed by atoms with van der Waals surface area (Å²) >= 11 is 3.28. The number of halogens is 3. The molecule has 0 aliphatic carbocycles. The summed E-state index contributed by atoms with van der Waals surface area (Å²) in [5.74, 6) is -0.775. The molecule has 0 spiro atoms. The standard InChI is InChI=1S/C15H20BrF2NO3/c1-3-15(4-2,13(20)21)9-19-8-10-7-11(16)5-6-12(10)22-14(17)18/h5-7,14,19H,3-4,8-9H2,1-2H3,(H,20,21). The van der Waals surface area contributed by atoms with Crippen molar-refractivity contribution in [2.24, 2.45) is 5.41 Å². The molecule has 1 rings (SSSR count). The van der Waals surface area contributed by atoms with Crippen LogP contribution in [0.2, 0.25) is 0 Å². The third-order valence-corrected chi connectivity index (χ3v) is 4.32. The van der Waals surface area contributed by atoms with Crippen LogP contribution in [-0.4, -0.2) is 24.2 Å². The molecule has 0 aromatic heterocycles. The molecule has 0 unspecified atom stereocenters. The summed E-state index contributed by atoms with van der Waals surface area (Å²) < 4.78 is 30.0. The summed E-state index contributed by atoms with van der Waals surface area (Å²) in [5.41, 5.74) is -0.309. The topological polar surface area (TPSA) is 58.6 Å². The Morgan fingerprint density at radius 2 is 2.05 bits per heavy atom. The first kappa shape index (κ1) is 18.8. The maximum absolute atomic E-state index is 12.4. The van der Waals surface area contributed by atoms with Gasteiger partial charge in [0.05, 0.1) is 5.41 Å². The van der Waals surface area contributed by atoms with E-state index in [-0.39, 0.29) is 18.8 Å². The van der Waals surface area contributed by atoms with Gasteiger partial charge in [0.1, 0.15) is 5.75 Å². The summed E-state index contributed by atoms with van der Waals surface area (Å²) in [4.78, 5) is 11.4. The lowest BCUT2D eigenvalue weighted by Gasteiger charge is -2.27. The predicted octanol–water partition coefficient (Wildman–Crippen LogP) is 4.03. The number of ether oxygens (including phenoxy) is 1. The molecule has 0 saturated heterocycles. The maximum atomic E-state index is 12.4. The number of nitrogens with one attached hydrogen (secondary N) is 1. The van der Waals surface area contributed by atoms with Crippen molar-refractivity contribution in [3.05, 3.63) is 28.2 Å². The van der Waals surface area contributed by atoms with Crippen LogP contribution in [0.1, 0.15) is 32.3 Å². The van der Waals surface area contributed by atoms with Crippen LogP contribution in [0.15, 0.2) is 22.7 Å². The fraction of sp³-hybridized carbons (Fsp3) is 0.533. The molecule has 4 nitrogen and oxygen atoms in total. The molecule has 0 amide bonds. The molecule has 0 saturated carbocycles. The molecule has 1 aromatic carbocycles. The highest BCUT2D eigenvalue weighted by Crippen LogP contribution is 2.27. The van der Waals surface area contributed by atoms with E-state index in [4.69, 9.17) is 0 Å². The van der Waals surface area contributed by atoms with Crippen LogP contribution in [0.3, 0.4) is 0 Å². The fourth-order valence-electron chi connectivity index (χ4n) is 2.21. The highest BCUT2D eigenvalue weighted by molar-refractivity contribution is 9.10. The van der Waals surface area contributed by atoms with Gasteiger partial charge in [-0.05, 0) is 31.0 Å². The Morgan fingerprint density at radius 3 is 2.55 bits per heavy atom. The molecule has 1 aromatic rings. The van der Waals surface area contributed by atoms with Gasteiger partial charge in [0.25, 0.3) is 0 Å². The molecule has 2 N–H and O–H groups in total. The van der Waals surface area contributed by atoms with Crippen molar-refractivity contribution in [3.8, 4) is 5.75 Å². The lowest BCUT2D eigenvalue weighted by atomic mass is 9.82. The van der Waals surface area contributed by atoms with Gasteiger partial charge in [-0.2, -0.15) is 8.78 Å². The van der Waals surface area contributed by atoms with Crippen molar-refractivity contribution in [3.63, 3.8) is 0 Å². The molecule has 0 atom stereocenters.